The highest BCUT2D eigenvalue weighted by atomic mass is 79.9. The van der Waals surface area contributed by atoms with Crippen molar-refractivity contribution in [2.24, 2.45) is 0 Å². The third-order valence-corrected chi connectivity index (χ3v) is 4.31. The molecule has 1 amide bonds. The van der Waals surface area contributed by atoms with Gasteiger partial charge in [-0.3, -0.25) is 4.79 Å². The molecule has 1 heterocycles. The van der Waals surface area contributed by atoms with Crippen LogP contribution < -0.4 is 0 Å². The van der Waals surface area contributed by atoms with Gasteiger partial charge in [0.15, 0.2) is 0 Å². The molecule has 1 atom stereocenters. The molecule has 2 aromatic carbocycles. The first-order valence-electron chi connectivity index (χ1n) is 6.80. The molecule has 1 aliphatic rings. The van der Waals surface area contributed by atoms with Crippen LogP contribution >= 0.6 is 15.9 Å². The maximum atomic E-state index is 12.8. The SMILES string of the molecule is O=C(O)[C@H]1CCCN1C(=O)c1cc(Br)cc2ccccc12. The van der Waals surface area contributed by atoms with Crippen molar-refractivity contribution in [2.45, 2.75) is 18.9 Å². The molecular weight excluding hydrogens is 334 g/mol. The van der Waals surface area contributed by atoms with Crippen molar-refractivity contribution >= 4 is 38.6 Å². The van der Waals surface area contributed by atoms with Gasteiger partial charge >= 0.3 is 5.97 Å². The van der Waals surface area contributed by atoms with Crippen molar-refractivity contribution in [1.29, 1.82) is 0 Å². The number of halogens is 1. The van der Waals surface area contributed by atoms with Crippen LogP contribution in [0.2, 0.25) is 0 Å². The first-order valence-corrected chi connectivity index (χ1v) is 7.59. The molecule has 0 bridgehead atoms. The standard InChI is InChI=1S/C16H14BrNO3/c17-11-8-10-4-1-2-5-12(10)13(9-11)15(19)18-7-3-6-14(18)16(20)21/h1-2,4-5,8-9,14H,3,6-7H2,(H,20,21)/t14-/m1/s1. The summed E-state index contributed by atoms with van der Waals surface area (Å²) in [5, 5.41) is 11.1. The topological polar surface area (TPSA) is 57.6 Å². The van der Waals surface area contributed by atoms with E-state index in [1.54, 1.807) is 6.07 Å². The summed E-state index contributed by atoms with van der Waals surface area (Å²) < 4.78 is 0.815. The lowest BCUT2D eigenvalue weighted by molar-refractivity contribution is -0.141. The Morgan fingerprint density at radius 1 is 1.24 bits per heavy atom. The Balaban J connectivity index is 2.07. The molecule has 0 aromatic heterocycles. The van der Waals surface area contributed by atoms with Crippen LogP contribution in [-0.2, 0) is 4.79 Å². The van der Waals surface area contributed by atoms with Crippen LogP contribution in [0.3, 0.4) is 0 Å². The first kappa shape index (κ1) is 14.1. The van der Waals surface area contributed by atoms with Gasteiger partial charge in [0, 0.05) is 16.6 Å². The van der Waals surface area contributed by atoms with E-state index in [0.29, 0.717) is 18.5 Å². The van der Waals surface area contributed by atoms with Gasteiger partial charge in [0.25, 0.3) is 5.91 Å². The fourth-order valence-electron chi connectivity index (χ4n) is 2.87. The number of carboxylic acids is 1. The van der Waals surface area contributed by atoms with Crippen LogP contribution in [0, 0.1) is 0 Å². The highest BCUT2D eigenvalue weighted by Gasteiger charge is 2.34. The molecule has 0 radical (unpaired) electrons. The molecule has 4 nitrogen and oxygen atoms in total. The number of likely N-dealkylation sites (tertiary alicyclic amines) is 1. The lowest BCUT2D eigenvalue weighted by Crippen LogP contribution is -2.40. The van der Waals surface area contributed by atoms with E-state index < -0.39 is 12.0 Å². The summed E-state index contributed by atoms with van der Waals surface area (Å²) >= 11 is 3.42. The van der Waals surface area contributed by atoms with Crippen molar-refractivity contribution in [1.82, 2.24) is 4.90 Å². The van der Waals surface area contributed by atoms with Gasteiger partial charge in [0.2, 0.25) is 0 Å². The van der Waals surface area contributed by atoms with Gasteiger partial charge in [0.1, 0.15) is 6.04 Å². The Bertz CT molecular complexity index is 729. The third-order valence-electron chi connectivity index (χ3n) is 3.86. The van der Waals surface area contributed by atoms with Crippen LogP contribution in [0.1, 0.15) is 23.2 Å². The maximum Gasteiger partial charge on any atom is 0.326 e. The molecule has 0 saturated carbocycles. The number of amides is 1. The minimum absolute atomic E-state index is 0.211. The van der Waals surface area contributed by atoms with E-state index in [4.69, 9.17) is 0 Å². The lowest BCUT2D eigenvalue weighted by Gasteiger charge is -2.22. The molecule has 1 N–H and O–H groups in total. The molecule has 3 rings (SSSR count). The van der Waals surface area contributed by atoms with Crippen molar-refractivity contribution in [2.75, 3.05) is 6.54 Å². The van der Waals surface area contributed by atoms with Gasteiger partial charge in [-0.15, -0.1) is 0 Å². The summed E-state index contributed by atoms with van der Waals surface area (Å²) in [7, 11) is 0. The first-order chi connectivity index (χ1) is 10.1. The van der Waals surface area contributed by atoms with Crippen LogP contribution in [0.25, 0.3) is 10.8 Å². The van der Waals surface area contributed by atoms with E-state index in [1.165, 1.54) is 4.90 Å². The van der Waals surface area contributed by atoms with E-state index in [-0.39, 0.29) is 5.91 Å². The summed E-state index contributed by atoms with van der Waals surface area (Å²) in [5.74, 6) is -1.14. The fourth-order valence-corrected chi connectivity index (χ4v) is 3.35. The van der Waals surface area contributed by atoms with E-state index in [9.17, 15) is 14.7 Å². The highest BCUT2D eigenvalue weighted by molar-refractivity contribution is 9.10. The average molecular weight is 348 g/mol. The van der Waals surface area contributed by atoms with Crippen LogP contribution in [0.5, 0.6) is 0 Å². The largest absolute Gasteiger partial charge is 0.480 e. The van der Waals surface area contributed by atoms with Gasteiger partial charge in [0.05, 0.1) is 0 Å². The van der Waals surface area contributed by atoms with E-state index in [1.807, 2.05) is 30.3 Å². The average Bonchev–Trinajstić information content (AvgIpc) is 2.95. The van der Waals surface area contributed by atoms with Crippen molar-refractivity contribution < 1.29 is 14.7 Å². The van der Waals surface area contributed by atoms with Gasteiger partial charge in [-0.1, -0.05) is 40.2 Å². The Labute approximate surface area is 130 Å². The predicted molar refractivity (Wildman–Crippen MR) is 83.3 cm³/mol. The highest BCUT2D eigenvalue weighted by Crippen LogP contribution is 2.28. The van der Waals surface area contributed by atoms with Crippen LogP contribution in [-0.4, -0.2) is 34.5 Å². The second-order valence-corrected chi connectivity index (χ2v) is 6.08. The Kier molecular flexibility index (Phi) is 3.68. The minimum Gasteiger partial charge on any atom is -0.480 e. The number of benzene rings is 2. The number of carboxylic acid groups (broad SMARTS) is 1. The second-order valence-electron chi connectivity index (χ2n) is 5.17. The summed E-state index contributed by atoms with van der Waals surface area (Å²) in [6.07, 6.45) is 1.25. The van der Waals surface area contributed by atoms with Gasteiger partial charge in [-0.2, -0.15) is 0 Å². The Morgan fingerprint density at radius 3 is 2.76 bits per heavy atom. The van der Waals surface area contributed by atoms with Gasteiger partial charge < -0.3 is 10.0 Å². The molecule has 0 spiro atoms. The monoisotopic (exact) mass is 347 g/mol. The van der Waals surface area contributed by atoms with E-state index in [0.717, 1.165) is 21.7 Å². The van der Waals surface area contributed by atoms with Gasteiger partial charge in [-0.25, -0.2) is 4.79 Å². The zero-order valence-electron chi connectivity index (χ0n) is 11.3. The van der Waals surface area contributed by atoms with Crippen molar-refractivity contribution in [3.63, 3.8) is 0 Å². The third kappa shape index (κ3) is 2.53. The summed E-state index contributed by atoms with van der Waals surface area (Å²) in [6.45, 7) is 0.497. The zero-order chi connectivity index (χ0) is 15.0. The normalized spacial score (nSPS) is 18.1. The number of hydrogen-bond donors (Lipinski definition) is 1. The zero-order valence-corrected chi connectivity index (χ0v) is 12.8. The second kappa shape index (κ2) is 5.48. The number of aliphatic carboxylic acids is 1. The number of rotatable bonds is 2. The molecule has 2 aromatic rings. The van der Waals surface area contributed by atoms with Crippen LogP contribution in [0.4, 0.5) is 0 Å². The number of nitrogens with zero attached hydrogens (tertiary/aromatic N) is 1. The van der Waals surface area contributed by atoms with Gasteiger partial charge in [-0.05, 0) is 35.7 Å². The number of carbonyl (C=O) groups excluding carboxylic acids is 1. The van der Waals surface area contributed by atoms with Crippen molar-refractivity contribution in [3.8, 4) is 0 Å². The lowest BCUT2D eigenvalue weighted by atomic mass is 10.0. The molecule has 1 aliphatic heterocycles. The Hall–Kier alpha value is -1.88. The Morgan fingerprint density at radius 2 is 2.00 bits per heavy atom. The van der Waals surface area contributed by atoms with E-state index in [2.05, 4.69) is 15.9 Å². The number of hydrogen-bond acceptors (Lipinski definition) is 2. The molecule has 1 fully saturated rings. The molecule has 108 valence electrons. The summed E-state index contributed by atoms with van der Waals surface area (Å²) in [5.41, 5.74) is 0.549. The molecular formula is C16H14BrNO3. The molecule has 1 saturated heterocycles. The van der Waals surface area contributed by atoms with Crippen molar-refractivity contribution in [3.05, 3.63) is 46.4 Å². The van der Waals surface area contributed by atoms with E-state index >= 15 is 0 Å². The molecule has 21 heavy (non-hydrogen) atoms. The number of fused-ring (bicyclic) bond motifs is 1. The predicted octanol–water partition coefficient (Wildman–Crippen LogP) is 3.29. The fraction of sp³-hybridized carbons (Fsp3) is 0.250. The smallest absolute Gasteiger partial charge is 0.326 e. The number of carbonyl (C=O) groups is 2. The minimum atomic E-state index is -0.930. The van der Waals surface area contributed by atoms with Crippen LogP contribution in [0.15, 0.2) is 40.9 Å². The quantitative estimate of drug-likeness (QED) is 0.906. The molecule has 0 aliphatic carbocycles. The maximum absolute atomic E-state index is 12.8. The molecule has 0 unspecified atom stereocenters. The summed E-state index contributed by atoms with van der Waals surface area (Å²) in [4.78, 5) is 25.5. The summed E-state index contributed by atoms with van der Waals surface area (Å²) in [6, 6.07) is 10.6. The molecule has 5 heteroatoms.